The van der Waals surface area contributed by atoms with Crippen LogP contribution >= 0.6 is 11.6 Å². The minimum absolute atomic E-state index is 0.232. The molecule has 1 N–H and O–H groups in total. The first-order chi connectivity index (χ1) is 11.3. The van der Waals surface area contributed by atoms with Crippen LogP contribution in [0.25, 0.3) is 0 Å². The molecule has 0 fully saturated rings. The Morgan fingerprint density at radius 3 is 2.71 bits per heavy atom. The second kappa shape index (κ2) is 6.45. The predicted octanol–water partition coefficient (Wildman–Crippen LogP) is 3.30. The van der Waals surface area contributed by atoms with Crippen LogP contribution in [-0.4, -0.2) is 27.1 Å². The van der Waals surface area contributed by atoms with Crippen molar-refractivity contribution in [3.8, 4) is 0 Å². The van der Waals surface area contributed by atoms with Crippen LogP contribution in [0.15, 0.2) is 42.5 Å². The number of anilines is 2. The van der Waals surface area contributed by atoms with Crippen LogP contribution in [-0.2, 0) is 16.4 Å². The molecule has 1 heterocycles. The van der Waals surface area contributed by atoms with E-state index in [-0.39, 0.29) is 11.5 Å². The van der Waals surface area contributed by atoms with Gasteiger partial charge in [0, 0.05) is 17.9 Å². The van der Waals surface area contributed by atoms with Crippen LogP contribution in [0.5, 0.6) is 0 Å². The lowest BCUT2D eigenvalue weighted by molar-refractivity contribution is 0.0985. The summed E-state index contributed by atoms with van der Waals surface area (Å²) < 4.78 is 25.2. The zero-order chi connectivity index (χ0) is 17.3. The summed E-state index contributed by atoms with van der Waals surface area (Å²) in [5.74, 6) is -0.232. The van der Waals surface area contributed by atoms with Crippen molar-refractivity contribution in [2.45, 2.75) is 12.8 Å². The average molecular weight is 365 g/mol. The highest BCUT2D eigenvalue weighted by molar-refractivity contribution is 7.92. The highest BCUT2D eigenvalue weighted by Gasteiger charge is 2.25. The fourth-order valence-electron chi connectivity index (χ4n) is 2.86. The summed E-state index contributed by atoms with van der Waals surface area (Å²) in [4.78, 5) is 14.7. The van der Waals surface area contributed by atoms with Crippen molar-refractivity contribution in [3.63, 3.8) is 0 Å². The number of nitrogens with one attached hydrogen (secondary N) is 1. The summed E-state index contributed by atoms with van der Waals surface area (Å²) in [6, 6.07) is 12.3. The number of fused-ring (bicyclic) bond motifs is 1. The maximum Gasteiger partial charge on any atom is 0.259 e. The van der Waals surface area contributed by atoms with E-state index in [1.54, 1.807) is 4.90 Å². The Hall–Kier alpha value is -2.05. The Morgan fingerprint density at radius 2 is 1.96 bits per heavy atom. The molecule has 126 valence electrons. The normalized spacial score (nSPS) is 14.2. The number of rotatable bonds is 3. The third kappa shape index (κ3) is 3.55. The number of carbonyl (C=O) groups excluding carboxylic acids is 1. The first-order valence-corrected chi connectivity index (χ1v) is 9.79. The number of hydrogen-bond acceptors (Lipinski definition) is 3. The maximum atomic E-state index is 13.0. The highest BCUT2D eigenvalue weighted by Crippen LogP contribution is 2.30. The van der Waals surface area contributed by atoms with Crippen molar-refractivity contribution in [2.24, 2.45) is 0 Å². The van der Waals surface area contributed by atoms with Crippen molar-refractivity contribution in [1.29, 1.82) is 0 Å². The van der Waals surface area contributed by atoms with Crippen molar-refractivity contribution >= 4 is 38.9 Å². The van der Waals surface area contributed by atoms with Gasteiger partial charge in [0.05, 0.1) is 16.8 Å². The minimum Gasteiger partial charge on any atom is -0.308 e. The monoisotopic (exact) mass is 364 g/mol. The predicted molar refractivity (Wildman–Crippen MR) is 96.4 cm³/mol. The molecule has 0 aliphatic carbocycles. The third-order valence-electron chi connectivity index (χ3n) is 3.86. The van der Waals surface area contributed by atoms with Gasteiger partial charge in [0.25, 0.3) is 5.91 Å². The molecule has 2 aromatic carbocycles. The van der Waals surface area contributed by atoms with Gasteiger partial charge in [0.1, 0.15) is 0 Å². The molecule has 1 amide bonds. The Kier molecular flexibility index (Phi) is 4.51. The van der Waals surface area contributed by atoms with E-state index in [0.717, 1.165) is 30.3 Å². The summed E-state index contributed by atoms with van der Waals surface area (Å²) in [6.45, 7) is 0.607. The number of aryl methyl sites for hydroxylation is 1. The molecule has 0 bridgehead atoms. The maximum absolute atomic E-state index is 13.0. The smallest absolute Gasteiger partial charge is 0.259 e. The summed E-state index contributed by atoms with van der Waals surface area (Å²) in [6.07, 6.45) is 2.87. The van der Waals surface area contributed by atoms with Gasteiger partial charge >= 0.3 is 0 Å². The molecular formula is C17H17ClN2O3S. The second-order valence-corrected chi connectivity index (χ2v) is 7.91. The minimum atomic E-state index is -3.42. The van der Waals surface area contributed by atoms with E-state index in [1.807, 2.05) is 24.3 Å². The number of sulfonamides is 1. The number of para-hydroxylation sites is 1. The molecular weight excluding hydrogens is 348 g/mol. The van der Waals surface area contributed by atoms with Crippen LogP contribution < -0.4 is 9.62 Å². The van der Waals surface area contributed by atoms with E-state index in [0.29, 0.717) is 17.3 Å². The zero-order valence-electron chi connectivity index (χ0n) is 13.1. The Morgan fingerprint density at radius 1 is 1.21 bits per heavy atom. The number of halogens is 1. The molecule has 7 heteroatoms. The average Bonchev–Trinajstić information content (AvgIpc) is 2.54. The number of amides is 1. The summed E-state index contributed by atoms with van der Waals surface area (Å²) >= 11 is 6.18. The number of hydrogen-bond donors (Lipinski definition) is 1. The molecule has 3 rings (SSSR count). The molecule has 24 heavy (non-hydrogen) atoms. The zero-order valence-corrected chi connectivity index (χ0v) is 14.7. The van der Waals surface area contributed by atoms with Crippen molar-refractivity contribution in [3.05, 3.63) is 58.6 Å². The van der Waals surface area contributed by atoms with Gasteiger partial charge in [-0.25, -0.2) is 8.42 Å². The van der Waals surface area contributed by atoms with Gasteiger partial charge < -0.3 is 4.90 Å². The third-order valence-corrected chi connectivity index (χ3v) is 4.79. The van der Waals surface area contributed by atoms with E-state index in [1.165, 1.54) is 18.2 Å². The van der Waals surface area contributed by atoms with E-state index in [9.17, 15) is 13.2 Å². The van der Waals surface area contributed by atoms with Crippen LogP contribution in [0.2, 0.25) is 5.02 Å². The quantitative estimate of drug-likeness (QED) is 0.908. The number of carbonyl (C=O) groups is 1. The summed E-state index contributed by atoms with van der Waals surface area (Å²) in [7, 11) is -3.42. The van der Waals surface area contributed by atoms with Gasteiger partial charge in [-0.05, 0) is 42.7 Å². The molecule has 0 spiro atoms. The fraction of sp³-hybridized carbons (Fsp3) is 0.235. The molecule has 0 radical (unpaired) electrons. The van der Waals surface area contributed by atoms with E-state index in [2.05, 4.69) is 4.72 Å². The standard InChI is InChI=1S/C17H17ClN2O3S/c1-24(22,23)19-13-8-9-15(18)14(11-13)17(21)20-10-4-6-12-5-2-3-7-16(12)20/h2-3,5,7-9,11,19H,4,6,10H2,1H3. The Balaban J connectivity index is 1.98. The van der Waals surface area contributed by atoms with Crippen LogP contribution in [0.3, 0.4) is 0 Å². The largest absolute Gasteiger partial charge is 0.308 e. The summed E-state index contributed by atoms with van der Waals surface area (Å²) in [5.41, 5.74) is 2.60. The molecule has 0 unspecified atom stereocenters. The Bertz CT molecular complexity index is 896. The molecule has 0 saturated carbocycles. The Labute approximate surface area is 146 Å². The van der Waals surface area contributed by atoms with Crippen LogP contribution in [0, 0.1) is 0 Å². The topological polar surface area (TPSA) is 66.5 Å². The molecule has 1 aliphatic rings. The first kappa shape index (κ1) is 16.8. The molecule has 2 aromatic rings. The van der Waals surface area contributed by atoms with E-state index >= 15 is 0 Å². The SMILES string of the molecule is CS(=O)(=O)Nc1ccc(Cl)c(C(=O)N2CCCc3ccccc32)c1. The lowest BCUT2D eigenvalue weighted by Crippen LogP contribution is -2.35. The van der Waals surface area contributed by atoms with E-state index < -0.39 is 10.0 Å². The lowest BCUT2D eigenvalue weighted by Gasteiger charge is -2.29. The highest BCUT2D eigenvalue weighted by atomic mass is 35.5. The van der Waals surface area contributed by atoms with Crippen molar-refractivity contribution in [2.75, 3.05) is 22.4 Å². The van der Waals surface area contributed by atoms with Gasteiger partial charge in [0.2, 0.25) is 10.0 Å². The molecule has 1 aliphatic heterocycles. The van der Waals surface area contributed by atoms with Crippen LogP contribution in [0.4, 0.5) is 11.4 Å². The van der Waals surface area contributed by atoms with Gasteiger partial charge in [-0.1, -0.05) is 29.8 Å². The van der Waals surface area contributed by atoms with Crippen molar-refractivity contribution < 1.29 is 13.2 Å². The van der Waals surface area contributed by atoms with Gasteiger partial charge in [-0.3, -0.25) is 9.52 Å². The number of nitrogens with zero attached hydrogens (tertiary/aromatic N) is 1. The van der Waals surface area contributed by atoms with Gasteiger partial charge in [0.15, 0.2) is 0 Å². The molecule has 0 atom stereocenters. The first-order valence-electron chi connectivity index (χ1n) is 7.52. The number of benzene rings is 2. The molecule has 0 saturated heterocycles. The van der Waals surface area contributed by atoms with Crippen molar-refractivity contribution in [1.82, 2.24) is 0 Å². The van der Waals surface area contributed by atoms with E-state index in [4.69, 9.17) is 11.6 Å². The molecule has 0 aromatic heterocycles. The summed E-state index contributed by atoms with van der Waals surface area (Å²) in [5, 5.41) is 0.294. The fourth-order valence-corrected chi connectivity index (χ4v) is 3.61. The lowest BCUT2D eigenvalue weighted by atomic mass is 10.0. The van der Waals surface area contributed by atoms with Gasteiger partial charge in [-0.2, -0.15) is 0 Å². The van der Waals surface area contributed by atoms with Crippen LogP contribution in [0.1, 0.15) is 22.3 Å². The second-order valence-electron chi connectivity index (χ2n) is 5.76. The molecule has 5 nitrogen and oxygen atoms in total. The van der Waals surface area contributed by atoms with Gasteiger partial charge in [-0.15, -0.1) is 0 Å².